The summed E-state index contributed by atoms with van der Waals surface area (Å²) in [5.74, 6) is 0.146. The molecule has 0 saturated carbocycles. The lowest BCUT2D eigenvalue weighted by Crippen LogP contribution is -2.48. The molecule has 8 nitrogen and oxygen atoms in total. The van der Waals surface area contributed by atoms with E-state index in [0.717, 1.165) is 17.7 Å². The van der Waals surface area contributed by atoms with Crippen LogP contribution in [0.15, 0.2) is 15.7 Å². The Balaban J connectivity index is 0.00000156. The van der Waals surface area contributed by atoms with Gasteiger partial charge in [0.15, 0.2) is 0 Å². The highest BCUT2D eigenvalue weighted by molar-refractivity contribution is 5.95. The molecule has 3 rings (SSSR count). The van der Waals surface area contributed by atoms with Gasteiger partial charge in [-0.25, -0.2) is 9.78 Å². The van der Waals surface area contributed by atoms with Crippen molar-refractivity contribution in [2.45, 2.75) is 6.92 Å². The molecule has 0 bridgehead atoms. The molecule has 0 atom stereocenters. The van der Waals surface area contributed by atoms with Crippen molar-refractivity contribution >= 4 is 41.8 Å². The fourth-order valence-electron chi connectivity index (χ4n) is 2.67. The van der Waals surface area contributed by atoms with E-state index in [1.165, 1.54) is 18.7 Å². The van der Waals surface area contributed by atoms with Crippen LogP contribution in [0, 0.1) is 12.8 Å². The van der Waals surface area contributed by atoms with Crippen LogP contribution in [0.5, 0.6) is 0 Å². The average Bonchev–Trinajstić information content (AvgIpc) is 2.48. The van der Waals surface area contributed by atoms with E-state index in [9.17, 15) is 14.4 Å². The van der Waals surface area contributed by atoms with Crippen LogP contribution in [-0.2, 0) is 14.1 Å². The Kier molecular flexibility index (Phi) is 6.75. The highest BCUT2D eigenvalue weighted by Crippen LogP contribution is 2.12. The minimum atomic E-state index is -0.465. The van der Waals surface area contributed by atoms with E-state index in [0.29, 0.717) is 23.4 Å². The van der Waals surface area contributed by atoms with Gasteiger partial charge in [0.25, 0.3) is 11.5 Å². The molecule has 1 aliphatic heterocycles. The van der Waals surface area contributed by atoms with Crippen molar-refractivity contribution in [2.24, 2.45) is 20.0 Å². The molecule has 2 aromatic heterocycles. The quantitative estimate of drug-likeness (QED) is 0.752. The number of nitrogens with zero attached hydrogens (tertiary/aromatic N) is 3. The van der Waals surface area contributed by atoms with Crippen LogP contribution < -0.4 is 21.9 Å². The zero-order chi connectivity index (χ0) is 16.7. The predicted molar refractivity (Wildman–Crippen MR) is 100 cm³/mol. The van der Waals surface area contributed by atoms with E-state index < -0.39 is 11.2 Å². The van der Waals surface area contributed by atoms with E-state index in [-0.39, 0.29) is 42.1 Å². The molecule has 2 N–H and O–H groups in total. The molecule has 10 heteroatoms. The van der Waals surface area contributed by atoms with Crippen molar-refractivity contribution in [3.05, 3.63) is 38.2 Å². The van der Waals surface area contributed by atoms with Crippen LogP contribution in [-0.4, -0.2) is 39.7 Å². The lowest BCUT2D eigenvalue weighted by molar-refractivity contribution is 0.0937. The number of hydrogen-bond donors (Lipinski definition) is 2. The largest absolute Gasteiger partial charge is 0.350 e. The van der Waals surface area contributed by atoms with Crippen molar-refractivity contribution in [3.8, 4) is 0 Å². The molecule has 1 aliphatic rings. The first kappa shape index (κ1) is 21.1. The number of pyridine rings is 1. The summed E-state index contributed by atoms with van der Waals surface area (Å²) in [6, 6.07) is 1.59. The molecule has 0 unspecified atom stereocenters. The predicted octanol–water partition coefficient (Wildman–Crippen LogP) is -0.267. The minimum absolute atomic E-state index is 0. The van der Waals surface area contributed by atoms with Gasteiger partial charge in [0.2, 0.25) is 0 Å². The van der Waals surface area contributed by atoms with Gasteiger partial charge in [0.1, 0.15) is 11.3 Å². The number of amides is 1. The molecule has 0 aliphatic carbocycles. The molecule has 0 spiro atoms. The number of hydrogen-bond acceptors (Lipinski definition) is 5. The van der Waals surface area contributed by atoms with Gasteiger partial charge in [-0.1, -0.05) is 0 Å². The highest BCUT2D eigenvalue weighted by atomic mass is 35.5. The summed E-state index contributed by atoms with van der Waals surface area (Å²) >= 11 is 0. The fraction of sp³-hybridized carbons (Fsp3) is 0.467. The molecule has 25 heavy (non-hydrogen) atoms. The third-order valence-electron chi connectivity index (χ3n) is 4.26. The smallest absolute Gasteiger partial charge is 0.332 e. The van der Waals surface area contributed by atoms with Gasteiger partial charge in [0.05, 0.1) is 5.39 Å². The summed E-state index contributed by atoms with van der Waals surface area (Å²) in [6.07, 6.45) is 0. The molecule has 3 heterocycles. The molecule has 138 valence electrons. The number of halogens is 2. The summed E-state index contributed by atoms with van der Waals surface area (Å²) in [5.41, 5.74) is 0.203. The maximum Gasteiger partial charge on any atom is 0.332 e. The Hall–Kier alpha value is -1.90. The van der Waals surface area contributed by atoms with Crippen LogP contribution in [0.4, 0.5) is 0 Å². The maximum absolute atomic E-state index is 12.3. The van der Waals surface area contributed by atoms with Crippen molar-refractivity contribution in [3.63, 3.8) is 0 Å². The molecular weight excluding hydrogens is 369 g/mol. The lowest BCUT2D eigenvalue weighted by Gasteiger charge is -2.27. The van der Waals surface area contributed by atoms with Gasteiger partial charge in [-0.2, -0.15) is 0 Å². The van der Waals surface area contributed by atoms with Gasteiger partial charge in [0, 0.05) is 39.6 Å². The molecule has 0 radical (unpaired) electrons. The van der Waals surface area contributed by atoms with Gasteiger partial charge in [-0.05, 0) is 18.6 Å². The van der Waals surface area contributed by atoms with Gasteiger partial charge >= 0.3 is 5.69 Å². The van der Waals surface area contributed by atoms with Crippen LogP contribution >= 0.6 is 24.8 Å². The Morgan fingerprint density at radius 1 is 1.28 bits per heavy atom. The van der Waals surface area contributed by atoms with E-state index in [2.05, 4.69) is 15.6 Å². The molecule has 0 aromatic carbocycles. The Bertz CT molecular complexity index is 918. The van der Waals surface area contributed by atoms with Crippen LogP contribution in [0.2, 0.25) is 0 Å². The third kappa shape index (κ3) is 3.70. The summed E-state index contributed by atoms with van der Waals surface area (Å²) < 4.78 is 2.33. The number of carbonyl (C=O) groups excluding carboxylic acids is 1. The second-order valence-electron chi connectivity index (χ2n) is 5.96. The lowest BCUT2D eigenvalue weighted by atomic mass is 10.0. The number of aromatic nitrogens is 3. The normalized spacial score (nSPS) is 13.6. The second-order valence-corrected chi connectivity index (χ2v) is 5.96. The SMILES string of the molecule is Cc1cc(C(=O)NCC2CNC2)nc2c1c(=O)n(C)c(=O)n2C.Cl.Cl. The zero-order valence-corrected chi connectivity index (χ0v) is 15.8. The number of aryl methyl sites for hydroxylation is 2. The Morgan fingerprint density at radius 3 is 2.48 bits per heavy atom. The summed E-state index contributed by atoms with van der Waals surface area (Å²) in [5, 5.41) is 6.34. The van der Waals surface area contributed by atoms with Gasteiger partial charge < -0.3 is 10.6 Å². The first-order chi connectivity index (χ1) is 10.9. The maximum atomic E-state index is 12.3. The number of fused-ring (bicyclic) bond motifs is 1. The van der Waals surface area contributed by atoms with E-state index in [4.69, 9.17) is 0 Å². The third-order valence-corrected chi connectivity index (χ3v) is 4.26. The zero-order valence-electron chi connectivity index (χ0n) is 14.2. The molecule has 1 saturated heterocycles. The van der Waals surface area contributed by atoms with Crippen molar-refractivity contribution in [1.29, 1.82) is 0 Å². The topological polar surface area (TPSA) is 98.0 Å². The molecule has 1 fully saturated rings. The van der Waals surface area contributed by atoms with E-state index >= 15 is 0 Å². The minimum Gasteiger partial charge on any atom is -0.350 e. The summed E-state index contributed by atoms with van der Waals surface area (Å²) in [7, 11) is 2.97. The molecule has 1 amide bonds. The second kappa shape index (κ2) is 7.99. The van der Waals surface area contributed by atoms with E-state index in [1.54, 1.807) is 13.0 Å². The molecular formula is C15H21Cl2N5O3. The fourth-order valence-corrected chi connectivity index (χ4v) is 2.67. The molecule has 2 aromatic rings. The van der Waals surface area contributed by atoms with Crippen molar-refractivity contribution in [2.75, 3.05) is 19.6 Å². The Labute approximate surface area is 156 Å². The first-order valence-corrected chi connectivity index (χ1v) is 7.46. The standard InChI is InChI=1S/C15H19N5O3.2ClH/c1-8-4-10(13(21)17-7-9-5-16-6-9)18-12-11(8)14(22)20(3)15(23)19(12)2;;/h4,9,16H,5-7H2,1-3H3,(H,17,21);2*1H. The number of carbonyl (C=O) groups is 1. The Morgan fingerprint density at radius 2 is 1.92 bits per heavy atom. The first-order valence-electron chi connectivity index (χ1n) is 7.46. The summed E-state index contributed by atoms with van der Waals surface area (Å²) in [6.45, 7) is 4.12. The number of rotatable bonds is 3. The van der Waals surface area contributed by atoms with Crippen LogP contribution in [0.1, 0.15) is 16.1 Å². The highest BCUT2D eigenvalue weighted by Gasteiger charge is 2.20. The number of nitrogens with one attached hydrogen (secondary N) is 2. The van der Waals surface area contributed by atoms with Crippen LogP contribution in [0.25, 0.3) is 11.0 Å². The average molecular weight is 390 g/mol. The van der Waals surface area contributed by atoms with E-state index in [1.807, 2.05) is 0 Å². The van der Waals surface area contributed by atoms with Crippen molar-refractivity contribution in [1.82, 2.24) is 24.8 Å². The van der Waals surface area contributed by atoms with Gasteiger partial charge in [-0.15, -0.1) is 24.8 Å². The monoisotopic (exact) mass is 389 g/mol. The summed E-state index contributed by atoms with van der Waals surface area (Å²) in [4.78, 5) is 40.8. The van der Waals surface area contributed by atoms with Gasteiger partial charge in [-0.3, -0.25) is 18.7 Å². The van der Waals surface area contributed by atoms with Crippen LogP contribution in [0.3, 0.4) is 0 Å². The van der Waals surface area contributed by atoms with Crippen molar-refractivity contribution < 1.29 is 4.79 Å².